The number of amides is 1. The number of hydrogen-bond acceptors (Lipinski definition) is 4. The molecule has 1 amide bonds. The van der Waals surface area contributed by atoms with Crippen LogP contribution in [0.4, 0.5) is 0 Å². The topological polar surface area (TPSA) is 53.0 Å². The van der Waals surface area contributed by atoms with Gasteiger partial charge in [0.2, 0.25) is 0 Å². The predicted octanol–water partition coefficient (Wildman–Crippen LogP) is 1.32. The van der Waals surface area contributed by atoms with Gasteiger partial charge in [-0.2, -0.15) is 0 Å². The number of hydrogen-bond donors (Lipinski definition) is 1. The highest BCUT2D eigenvalue weighted by atomic mass is 16.5. The van der Waals surface area contributed by atoms with Crippen LogP contribution in [0.15, 0.2) is 24.3 Å². The van der Waals surface area contributed by atoms with E-state index >= 15 is 0 Å². The van der Waals surface area contributed by atoms with E-state index in [1.54, 1.807) is 18.2 Å². The van der Waals surface area contributed by atoms with Gasteiger partial charge in [-0.1, -0.05) is 6.07 Å². The van der Waals surface area contributed by atoms with Crippen molar-refractivity contribution in [2.45, 2.75) is 19.9 Å². The highest BCUT2D eigenvalue weighted by molar-refractivity contribution is 5.77. The van der Waals surface area contributed by atoms with Gasteiger partial charge in [0, 0.05) is 38.3 Å². The molecule has 0 saturated carbocycles. The summed E-state index contributed by atoms with van der Waals surface area (Å²) >= 11 is 0. The molecule has 0 spiro atoms. The number of phenols is 1. The number of rotatable bonds is 4. The first-order valence-electron chi connectivity index (χ1n) is 7.00. The molecule has 5 heteroatoms. The van der Waals surface area contributed by atoms with Crippen molar-refractivity contribution >= 4 is 5.91 Å². The van der Waals surface area contributed by atoms with Gasteiger partial charge in [0.05, 0.1) is 0 Å². The fourth-order valence-electron chi connectivity index (χ4n) is 2.30. The monoisotopic (exact) mass is 278 g/mol. The lowest BCUT2D eigenvalue weighted by Gasteiger charge is -2.36. The molecule has 0 aliphatic carbocycles. The number of aromatic hydroxyl groups is 1. The third-order valence-corrected chi connectivity index (χ3v) is 3.58. The molecule has 20 heavy (non-hydrogen) atoms. The number of nitrogens with zero attached hydrogens (tertiary/aromatic N) is 2. The van der Waals surface area contributed by atoms with Gasteiger partial charge in [-0.15, -0.1) is 0 Å². The van der Waals surface area contributed by atoms with Gasteiger partial charge in [0.25, 0.3) is 5.91 Å². The number of piperazine rings is 1. The largest absolute Gasteiger partial charge is 0.508 e. The Morgan fingerprint density at radius 3 is 2.60 bits per heavy atom. The van der Waals surface area contributed by atoms with Crippen LogP contribution in [0, 0.1) is 0 Å². The normalized spacial score (nSPS) is 16.4. The number of carbonyl (C=O) groups is 1. The predicted molar refractivity (Wildman–Crippen MR) is 76.9 cm³/mol. The zero-order valence-corrected chi connectivity index (χ0v) is 12.1. The Morgan fingerprint density at radius 1 is 1.30 bits per heavy atom. The third kappa shape index (κ3) is 3.87. The fourth-order valence-corrected chi connectivity index (χ4v) is 2.30. The average Bonchev–Trinajstić information content (AvgIpc) is 2.45. The summed E-state index contributed by atoms with van der Waals surface area (Å²) in [4.78, 5) is 16.2. The zero-order valence-electron chi connectivity index (χ0n) is 12.1. The van der Waals surface area contributed by atoms with Crippen LogP contribution < -0.4 is 4.74 Å². The van der Waals surface area contributed by atoms with Gasteiger partial charge in [-0.25, -0.2) is 0 Å². The van der Waals surface area contributed by atoms with Crippen LogP contribution in [0.5, 0.6) is 11.5 Å². The minimum absolute atomic E-state index is 0.00301. The van der Waals surface area contributed by atoms with Crippen molar-refractivity contribution in [1.82, 2.24) is 9.80 Å². The first-order valence-corrected chi connectivity index (χ1v) is 7.00. The summed E-state index contributed by atoms with van der Waals surface area (Å²) in [5.74, 6) is 0.649. The first-order chi connectivity index (χ1) is 9.56. The van der Waals surface area contributed by atoms with E-state index in [-0.39, 0.29) is 18.3 Å². The number of carbonyl (C=O) groups excluding carboxylic acids is 1. The van der Waals surface area contributed by atoms with Crippen LogP contribution in [0.1, 0.15) is 13.8 Å². The second-order valence-electron chi connectivity index (χ2n) is 5.30. The molecule has 1 saturated heterocycles. The minimum atomic E-state index is -0.00301. The molecule has 0 aromatic heterocycles. The standard InChI is InChI=1S/C15H22N2O3/c1-12(2)16-6-8-17(9-7-16)15(19)11-20-14-5-3-4-13(18)10-14/h3-5,10,12,18H,6-9,11H2,1-2H3. The van der Waals surface area contributed by atoms with Crippen molar-refractivity contribution < 1.29 is 14.6 Å². The molecule has 1 N–H and O–H groups in total. The van der Waals surface area contributed by atoms with Gasteiger partial charge in [0.1, 0.15) is 11.5 Å². The molecular formula is C15H22N2O3. The molecule has 0 radical (unpaired) electrons. The summed E-state index contributed by atoms with van der Waals surface area (Å²) in [6.45, 7) is 7.68. The third-order valence-electron chi connectivity index (χ3n) is 3.58. The Hall–Kier alpha value is -1.75. The molecule has 1 aliphatic heterocycles. The summed E-state index contributed by atoms with van der Waals surface area (Å²) < 4.78 is 5.41. The van der Waals surface area contributed by atoms with E-state index in [0.29, 0.717) is 11.8 Å². The maximum absolute atomic E-state index is 12.1. The van der Waals surface area contributed by atoms with Gasteiger partial charge >= 0.3 is 0 Å². The maximum atomic E-state index is 12.1. The number of phenolic OH excluding ortho intramolecular Hbond substituents is 1. The van der Waals surface area contributed by atoms with Crippen molar-refractivity contribution in [1.29, 1.82) is 0 Å². The first kappa shape index (κ1) is 14.7. The highest BCUT2D eigenvalue weighted by Crippen LogP contribution is 2.17. The quantitative estimate of drug-likeness (QED) is 0.902. The summed E-state index contributed by atoms with van der Waals surface area (Å²) in [5, 5.41) is 9.33. The van der Waals surface area contributed by atoms with Crippen molar-refractivity contribution in [2.24, 2.45) is 0 Å². The summed E-state index contributed by atoms with van der Waals surface area (Å²) in [6.07, 6.45) is 0. The Balaban J connectivity index is 1.78. The molecule has 0 atom stereocenters. The van der Waals surface area contributed by atoms with Crippen LogP contribution in [0.3, 0.4) is 0 Å². The molecule has 1 aromatic carbocycles. The summed E-state index contributed by atoms with van der Waals surface area (Å²) in [5.41, 5.74) is 0. The Bertz CT molecular complexity index is 454. The summed E-state index contributed by atoms with van der Waals surface area (Å²) in [7, 11) is 0. The van der Waals surface area contributed by atoms with E-state index < -0.39 is 0 Å². The molecule has 110 valence electrons. The lowest BCUT2D eigenvalue weighted by Crippen LogP contribution is -2.51. The van der Waals surface area contributed by atoms with Crippen LogP contribution >= 0.6 is 0 Å². The summed E-state index contributed by atoms with van der Waals surface area (Å²) in [6, 6.07) is 7.01. The molecule has 1 aromatic rings. The Morgan fingerprint density at radius 2 is 2.00 bits per heavy atom. The molecular weight excluding hydrogens is 256 g/mol. The van der Waals surface area contributed by atoms with Crippen molar-refractivity contribution in [2.75, 3.05) is 32.8 Å². The van der Waals surface area contributed by atoms with Gasteiger partial charge in [0.15, 0.2) is 6.61 Å². The van der Waals surface area contributed by atoms with E-state index in [2.05, 4.69) is 18.7 Å². The van der Waals surface area contributed by atoms with Gasteiger partial charge in [-0.05, 0) is 26.0 Å². The van der Waals surface area contributed by atoms with Crippen LogP contribution in [0.25, 0.3) is 0 Å². The van der Waals surface area contributed by atoms with Gasteiger partial charge in [-0.3, -0.25) is 9.69 Å². The van der Waals surface area contributed by atoms with Crippen molar-refractivity contribution in [3.05, 3.63) is 24.3 Å². The Kier molecular flexibility index (Phi) is 4.84. The van der Waals surface area contributed by atoms with Gasteiger partial charge < -0.3 is 14.7 Å². The zero-order chi connectivity index (χ0) is 14.5. The van der Waals surface area contributed by atoms with Crippen molar-refractivity contribution in [3.8, 4) is 11.5 Å². The van der Waals surface area contributed by atoms with E-state index in [0.717, 1.165) is 26.2 Å². The van der Waals surface area contributed by atoms with Crippen LogP contribution in [-0.4, -0.2) is 59.6 Å². The lowest BCUT2D eigenvalue weighted by molar-refractivity contribution is -0.135. The second-order valence-corrected chi connectivity index (χ2v) is 5.30. The van der Waals surface area contributed by atoms with E-state index in [4.69, 9.17) is 4.74 Å². The van der Waals surface area contributed by atoms with Crippen LogP contribution in [0.2, 0.25) is 0 Å². The van der Waals surface area contributed by atoms with Crippen LogP contribution in [-0.2, 0) is 4.79 Å². The van der Waals surface area contributed by atoms with E-state index in [9.17, 15) is 9.90 Å². The molecule has 0 bridgehead atoms. The van der Waals surface area contributed by atoms with Crippen molar-refractivity contribution in [3.63, 3.8) is 0 Å². The molecule has 1 fully saturated rings. The molecule has 5 nitrogen and oxygen atoms in total. The number of benzene rings is 1. The Labute approximate surface area is 119 Å². The number of ether oxygens (including phenoxy) is 1. The van der Waals surface area contributed by atoms with E-state index in [1.807, 2.05) is 4.90 Å². The minimum Gasteiger partial charge on any atom is -0.508 e. The lowest BCUT2D eigenvalue weighted by atomic mass is 10.2. The molecule has 2 rings (SSSR count). The maximum Gasteiger partial charge on any atom is 0.260 e. The fraction of sp³-hybridized carbons (Fsp3) is 0.533. The highest BCUT2D eigenvalue weighted by Gasteiger charge is 2.22. The SMILES string of the molecule is CC(C)N1CCN(C(=O)COc2cccc(O)c2)CC1. The van der Waals surface area contributed by atoms with E-state index in [1.165, 1.54) is 6.07 Å². The average molecular weight is 278 g/mol. The molecule has 0 unspecified atom stereocenters. The smallest absolute Gasteiger partial charge is 0.260 e. The molecule has 1 heterocycles. The molecule has 1 aliphatic rings. The second kappa shape index (κ2) is 6.61.